The van der Waals surface area contributed by atoms with Gasteiger partial charge in [0.15, 0.2) is 0 Å². The highest BCUT2D eigenvalue weighted by Gasteiger charge is 2.44. The van der Waals surface area contributed by atoms with Crippen LogP contribution >= 0.6 is 0 Å². The molecule has 98 valence electrons. The third-order valence-electron chi connectivity index (χ3n) is 3.40. The van der Waals surface area contributed by atoms with Crippen molar-refractivity contribution in [3.05, 3.63) is 35.4 Å². The van der Waals surface area contributed by atoms with E-state index >= 15 is 0 Å². The summed E-state index contributed by atoms with van der Waals surface area (Å²) in [6.45, 7) is 0.989. The first kappa shape index (κ1) is 13.0. The van der Waals surface area contributed by atoms with Crippen molar-refractivity contribution in [1.29, 1.82) is 0 Å². The van der Waals surface area contributed by atoms with Crippen molar-refractivity contribution in [3.63, 3.8) is 0 Å². The van der Waals surface area contributed by atoms with Gasteiger partial charge in [-0.05, 0) is 32.1 Å². The summed E-state index contributed by atoms with van der Waals surface area (Å²) in [6, 6.07) is 5.06. The van der Waals surface area contributed by atoms with Crippen molar-refractivity contribution in [1.82, 2.24) is 4.90 Å². The van der Waals surface area contributed by atoms with Crippen molar-refractivity contribution < 1.29 is 18.7 Å². The van der Waals surface area contributed by atoms with E-state index in [0.29, 0.717) is 19.5 Å². The van der Waals surface area contributed by atoms with E-state index in [9.17, 15) is 13.6 Å². The quantitative estimate of drug-likeness (QED) is 0.901. The average Bonchev–Trinajstić information content (AvgIpc) is 2.77. The number of carbonyl (C=O) groups is 1. The van der Waals surface area contributed by atoms with Crippen molar-refractivity contribution in [2.24, 2.45) is 5.92 Å². The first-order chi connectivity index (χ1) is 8.41. The molecule has 0 bridgehead atoms. The van der Waals surface area contributed by atoms with Crippen LogP contribution in [0.3, 0.4) is 0 Å². The molecule has 0 aliphatic carbocycles. The van der Waals surface area contributed by atoms with Crippen molar-refractivity contribution >= 4 is 5.97 Å². The van der Waals surface area contributed by atoms with Crippen LogP contribution in [0.5, 0.6) is 0 Å². The number of hydrogen-bond acceptors (Lipinski definition) is 2. The van der Waals surface area contributed by atoms with Gasteiger partial charge >= 0.3 is 5.97 Å². The highest BCUT2D eigenvalue weighted by atomic mass is 19.3. The molecule has 18 heavy (non-hydrogen) atoms. The molecule has 2 rings (SSSR count). The second-order valence-electron chi connectivity index (χ2n) is 4.76. The van der Waals surface area contributed by atoms with Gasteiger partial charge in [0.1, 0.15) is 0 Å². The summed E-state index contributed by atoms with van der Waals surface area (Å²) in [5.74, 6) is -4.90. The largest absolute Gasteiger partial charge is 0.478 e. The fourth-order valence-electron chi connectivity index (χ4n) is 2.33. The van der Waals surface area contributed by atoms with E-state index in [2.05, 4.69) is 0 Å². The molecule has 0 aromatic heterocycles. The predicted octanol–water partition coefficient (Wildman–Crippen LogP) is 2.43. The van der Waals surface area contributed by atoms with E-state index in [1.165, 1.54) is 18.2 Å². The minimum absolute atomic E-state index is 0.0986. The minimum atomic E-state index is -2.98. The number of benzene rings is 1. The van der Waals surface area contributed by atoms with E-state index in [4.69, 9.17) is 5.11 Å². The Labute approximate surface area is 104 Å². The second kappa shape index (κ2) is 4.65. The molecule has 0 radical (unpaired) electrons. The zero-order valence-corrected chi connectivity index (χ0v) is 10.1. The van der Waals surface area contributed by atoms with Crippen molar-refractivity contribution in [3.8, 4) is 0 Å². The topological polar surface area (TPSA) is 40.5 Å². The Morgan fingerprint density at radius 3 is 2.78 bits per heavy atom. The van der Waals surface area contributed by atoms with Gasteiger partial charge in [0.2, 0.25) is 0 Å². The first-order valence-corrected chi connectivity index (χ1v) is 5.81. The number of alkyl halides is 2. The summed E-state index contributed by atoms with van der Waals surface area (Å²) in [5.41, 5.74) is -0.304. The summed E-state index contributed by atoms with van der Waals surface area (Å²) in [7, 11) is 1.81. The zero-order chi connectivity index (χ0) is 13.3. The molecule has 3 nitrogen and oxygen atoms in total. The molecule has 5 heteroatoms. The molecule has 1 aromatic carbocycles. The lowest BCUT2D eigenvalue weighted by atomic mass is 9.93. The zero-order valence-electron chi connectivity index (χ0n) is 10.1. The van der Waals surface area contributed by atoms with Gasteiger partial charge in [-0.1, -0.05) is 12.1 Å². The number of carboxylic acids is 1. The van der Waals surface area contributed by atoms with E-state index < -0.39 is 17.8 Å². The van der Waals surface area contributed by atoms with Gasteiger partial charge in [0.25, 0.3) is 5.92 Å². The number of hydrogen-bond donors (Lipinski definition) is 1. The molecule has 1 heterocycles. The third kappa shape index (κ3) is 2.36. The van der Waals surface area contributed by atoms with E-state index in [1.54, 1.807) is 0 Å². The monoisotopic (exact) mass is 255 g/mol. The lowest BCUT2D eigenvalue weighted by molar-refractivity contribution is -0.0603. The number of likely N-dealkylation sites (tertiary alicyclic amines) is 1. The fraction of sp³-hybridized carbons (Fsp3) is 0.462. The van der Waals surface area contributed by atoms with E-state index in [-0.39, 0.29) is 11.1 Å². The Bertz CT molecular complexity index is 462. The van der Waals surface area contributed by atoms with Crippen LogP contribution in [0.1, 0.15) is 22.3 Å². The molecule has 0 spiro atoms. The van der Waals surface area contributed by atoms with Crippen molar-refractivity contribution in [2.45, 2.75) is 12.3 Å². The van der Waals surface area contributed by atoms with Crippen LogP contribution < -0.4 is 0 Å². The summed E-state index contributed by atoms with van der Waals surface area (Å²) in [4.78, 5) is 12.7. The lowest BCUT2D eigenvalue weighted by Gasteiger charge is -2.23. The molecule has 1 aliphatic rings. The summed E-state index contributed by atoms with van der Waals surface area (Å²) in [6.07, 6.45) is 0.431. The standard InChI is InChI=1S/C13H15F2NO2/c1-16-6-5-11(8-16)13(14,15)10-4-2-3-9(7-10)12(17)18/h2-4,7,11H,5-6,8H2,1H3,(H,17,18). The molecule has 0 amide bonds. The minimum Gasteiger partial charge on any atom is -0.478 e. The predicted molar refractivity (Wildman–Crippen MR) is 62.9 cm³/mol. The van der Waals surface area contributed by atoms with Gasteiger partial charge in [-0.2, -0.15) is 0 Å². The molecule has 1 N–H and O–H groups in total. The Hall–Kier alpha value is -1.49. The Balaban J connectivity index is 2.29. The van der Waals surface area contributed by atoms with Gasteiger partial charge in [-0.15, -0.1) is 0 Å². The Kier molecular flexibility index (Phi) is 3.34. The highest BCUT2D eigenvalue weighted by molar-refractivity contribution is 5.87. The lowest BCUT2D eigenvalue weighted by Crippen LogP contribution is -2.28. The van der Waals surface area contributed by atoms with E-state index in [1.807, 2.05) is 11.9 Å². The molecule has 1 aromatic rings. The smallest absolute Gasteiger partial charge is 0.335 e. The fourth-order valence-corrected chi connectivity index (χ4v) is 2.33. The SMILES string of the molecule is CN1CCC(C(F)(F)c2cccc(C(=O)O)c2)C1. The van der Waals surface area contributed by atoms with Crippen molar-refractivity contribution in [2.75, 3.05) is 20.1 Å². The van der Waals surface area contributed by atoms with Crippen LogP contribution in [0.4, 0.5) is 8.78 Å². The summed E-state index contributed by atoms with van der Waals surface area (Å²) in [5, 5.41) is 8.83. The molecule has 0 saturated carbocycles. The van der Waals surface area contributed by atoms with Crippen LogP contribution in [0.15, 0.2) is 24.3 Å². The van der Waals surface area contributed by atoms with Crippen LogP contribution in [0, 0.1) is 5.92 Å². The molecular formula is C13H15F2NO2. The summed E-state index contributed by atoms with van der Waals surface area (Å²) < 4.78 is 28.5. The number of nitrogens with zero attached hydrogens (tertiary/aromatic N) is 1. The number of aromatic carboxylic acids is 1. The number of rotatable bonds is 3. The average molecular weight is 255 g/mol. The maximum atomic E-state index is 14.3. The molecule has 1 unspecified atom stereocenters. The number of halogens is 2. The molecule has 1 saturated heterocycles. The van der Waals surface area contributed by atoms with Gasteiger partial charge in [-0.3, -0.25) is 0 Å². The molecule has 1 aliphatic heterocycles. The Morgan fingerprint density at radius 1 is 1.50 bits per heavy atom. The van der Waals surface area contributed by atoms with Crippen LogP contribution in [-0.4, -0.2) is 36.1 Å². The maximum absolute atomic E-state index is 14.3. The first-order valence-electron chi connectivity index (χ1n) is 5.81. The van der Waals surface area contributed by atoms with E-state index in [0.717, 1.165) is 6.07 Å². The van der Waals surface area contributed by atoms with Gasteiger partial charge in [0.05, 0.1) is 5.56 Å². The summed E-state index contributed by atoms with van der Waals surface area (Å²) >= 11 is 0. The van der Waals surface area contributed by atoms with Crippen LogP contribution in [0.2, 0.25) is 0 Å². The van der Waals surface area contributed by atoms with Gasteiger partial charge in [0, 0.05) is 18.0 Å². The third-order valence-corrected chi connectivity index (χ3v) is 3.40. The van der Waals surface area contributed by atoms with Gasteiger partial charge < -0.3 is 10.0 Å². The van der Waals surface area contributed by atoms with Crippen LogP contribution in [0.25, 0.3) is 0 Å². The van der Waals surface area contributed by atoms with Gasteiger partial charge in [-0.25, -0.2) is 13.6 Å². The molecular weight excluding hydrogens is 240 g/mol. The number of carboxylic acid groups (broad SMARTS) is 1. The molecule has 1 atom stereocenters. The highest BCUT2D eigenvalue weighted by Crippen LogP contribution is 2.40. The Morgan fingerprint density at radius 2 is 2.22 bits per heavy atom. The maximum Gasteiger partial charge on any atom is 0.335 e. The van der Waals surface area contributed by atoms with Crippen LogP contribution in [-0.2, 0) is 5.92 Å². The normalized spacial score (nSPS) is 21.2. The second-order valence-corrected chi connectivity index (χ2v) is 4.76. The molecule has 1 fully saturated rings.